The Bertz CT molecular complexity index is 4440. The van der Waals surface area contributed by atoms with E-state index in [1.54, 1.807) is 0 Å². The fourth-order valence-electron chi connectivity index (χ4n) is 14.0. The monoisotopic (exact) mass is 1050 g/mol. The number of rotatable bonds is 8. The molecule has 0 amide bonds. The predicted octanol–water partition coefficient (Wildman–Crippen LogP) is 22.0. The maximum absolute atomic E-state index is 2.51. The van der Waals surface area contributed by atoms with Gasteiger partial charge in [0.05, 0.1) is 22.7 Å². The number of benzene rings is 12. The van der Waals surface area contributed by atoms with E-state index < -0.39 is 0 Å². The third-order valence-electron chi connectivity index (χ3n) is 18.2. The molecule has 2 heteroatoms. The zero-order valence-corrected chi connectivity index (χ0v) is 46.8. The van der Waals surface area contributed by atoms with Crippen molar-refractivity contribution in [1.29, 1.82) is 0 Å². The molecule has 0 bridgehead atoms. The second-order valence-electron chi connectivity index (χ2n) is 23.6. The Morgan fingerprint density at radius 3 is 1.18 bits per heavy atom. The number of hydrogen-bond donors (Lipinski definition) is 0. The molecular formula is C80H62N2. The van der Waals surface area contributed by atoms with Gasteiger partial charge in [0.2, 0.25) is 0 Å². The Balaban J connectivity index is 0.994. The third kappa shape index (κ3) is 8.07. The molecular weight excluding hydrogens is 989 g/mol. The summed E-state index contributed by atoms with van der Waals surface area (Å²) in [4.78, 5) is 5.02. The van der Waals surface area contributed by atoms with Crippen LogP contribution in [0.1, 0.15) is 73.4 Å². The van der Waals surface area contributed by atoms with E-state index in [0.29, 0.717) is 0 Å². The van der Waals surface area contributed by atoms with Crippen LogP contribution in [0.4, 0.5) is 34.1 Å². The fourth-order valence-corrected chi connectivity index (χ4v) is 14.0. The maximum atomic E-state index is 2.51. The molecule has 1 atom stereocenters. The van der Waals surface area contributed by atoms with Crippen molar-refractivity contribution in [2.24, 2.45) is 0 Å². The van der Waals surface area contributed by atoms with E-state index in [1.807, 2.05) is 0 Å². The highest BCUT2D eigenvalue weighted by Crippen LogP contribution is 2.56. The van der Waals surface area contributed by atoms with Gasteiger partial charge >= 0.3 is 0 Å². The summed E-state index contributed by atoms with van der Waals surface area (Å²) in [5, 5.41) is 4.84. The normalized spacial score (nSPS) is 15.6. The van der Waals surface area contributed by atoms with Gasteiger partial charge in [0.15, 0.2) is 0 Å². The third-order valence-corrected chi connectivity index (χ3v) is 18.2. The molecule has 0 saturated heterocycles. The lowest BCUT2D eigenvalue weighted by molar-refractivity contribution is 0.632. The van der Waals surface area contributed by atoms with Gasteiger partial charge in [0.25, 0.3) is 0 Å². The van der Waals surface area contributed by atoms with Crippen LogP contribution in [0.5, 0.6) is 0 Å². The first-order valence-electron chi connectivity index (χ1n) is 29.0. The zero-order chi connectivity index (χ0) is 55.1. The summed E-state index contributed by atoms with van der Waals surface area (Å²) in [7, 11) is 0. The van der Waals surface area contributed by atoms with E-state index in [-0.39, 0.29) is 16.7 Å². The standard InChI is InChI=1S/C80H62N2/c1-79(2)69-29-11-15-33-73(69)81(74-34-16-12-30-70(74)79)63-45-47-65-67(51-63)77(61-27-19-25-59(49-61)57-41-37-55(38-42-57)53-21-7-5-8-22-53)66-48-46-64(82-75-35-17-13-31-71(75)80(3,4)72-32-14-18-36-76(72)82)52-68(66)78(65)62-28-20-26-60(50-62)58-43-39-56(40-44-58)54-23-9-6-10-24-54/h5-43,45-52,58H,44H2,1-4H3. The Kier molecular flexibility index (Phi) is 11.7. The van der Waals surface area contributed by atoms with E-state index in [9.17, 15) is 0 Å². The molecule has 1 aliphatic carbocycles. The first kappa shape index (κ1) is 49.3. The molecule has 0 aromatic heterocycles. The number of fused-ring (bicyclic) bond motifs is 6. The molecule has 0 radical (unpaired) electrons. The maximum Gasteiger partial charge on any atom is 0.0502 e. The summed E-state index contributed by atoms with van der Waals surface area (Å²) >= 11 is 0. The molecule has 2 nitrogen and oxygen atoms in total. The van der Waals surface area contributed by atoms with Crippen LogP contribution in [-0.2, 0) is 10.8 Å². The van der Waals surface area contributed by atoms with Gasteiger partial charge in [-0.05, 0) is 166 Å². The topological polar surface area (TPSA) is 6.48 Å². The van der Waals surface area contributed by atoms with Crippen LogP contribution in [-0.4, -0.2) is 0 Å². The van der Waals surface area contributed by atoms with Gasteiger partial charge in [-0.3, -0.25) is 0 Å². The van der Waals surface area contributed by atoms with Crippen molar-refractivity contribution >= 4 is 61.2 Å². The summed E-state index contributed by atoms with van der Waals surface area (Å²) in [5.74, 6) is 0.240. The average molecular weight is 1050 g/mol. The molecule has 0 N–H and O–H groups in total. The van der Waals surface area contributed by atoms with Crippen molar-refractivity contribution in [3.8, 4) is 44.5 Å². The molecule has 2 heterocycles. The highest BCUT2D eigenvalue weighted by molar-refractivity contribution is 6.23. The van der Waals surface area contributed by atoms with E-state index in [1.165, 1.54) is 128 Å². The lowest BCUT2D eigenvalue weighted by Crippen LogP contribution is -2.30. The average Bonchev–Trinajstić information content (AvgIpc) is 1.84. The van der Waals surface area contributed by atoms with Crippen LogP contribution < -0.4 is 9.80 Å². The molecule has 0 saturated carbocycles. The van der Waals surface area contributed by atoms with Crippen LogP contribution in [0.3, 0.4) is 0 Å². The number of anilines is 6. The van der Waals surface area contributed by atoms with Crippen molar-refractivity contribution in [3.05, 3.63) is 319 Å². The van der Waals surface area contributed by atoms with Crippen LogP contribution in [0.2, 0.25) is 0 Å². The summed E-state index contributed by atoms with van der Waals surface area (Å²) in [6, 6.07) is 99.9. The number of para-hydroxylation sites is 4. The Morgan fingerprint density at radius 2 is 0.707 bits per heavy atom. The summed E-state index contributed by atoms with van der Waals surface area (Å²) in [6.45, 7) is 9.47. The summed E-state index contributed by atoms with van der Waals surface area (Å²) in [5.41, 5.74) is 25.5. The van der Waals surface area contributed by atoms with E-state index in [4.69, 9.17) is 0 Å². The van der Waals surface area contributed by atoms with Gasteiger partial charge in [-0.15, -0.1) is 0 Å². The highest BCUT2D eigenvalue weighted by atomic mass is 15.2. The van der Waals surface area contributed by atoms with Crippen LogP contribution >= 0.6 is 0 Å². The van der Waals surface area contributed by atoms with Crippen molar-refractivity contribution < 1.29 is 0 Å². The van der Waals surface area contributed by atoms with Gasteiger partial charge in [-0.1, -0.05) is 258 Å². The number of allylic oxidation sites excluding steroid dienone is 4. The quantitative estimate of drug-likeness (QED) is 0.140. The SMILES string of the molecule is CC1(C)c2ccccc2N(c2ccc3c(-c4cccc(C5C=CC(c6ccccc6)=CC5)c4)c4cc(N5c6ccccc6C(C)(C)c6ccccc65)ccc4c(-c4cccc(-c5ccc(-c6ccccc6)cc5)c4)c3c2)c2ccccc21. The molecule has 0 fully saturated rings. The smallest absolute Gasteiger partial charge is 0.0502 e. The van der Waals surface area contributed by atoms with Gasteiger partial charge in [0.1, 0.15) is 0 Å². The van der Waals surface area contributed by atoms with E-state index in [0.717, 1.165) is 17.8 Å². The molecule has 12 aromatic rings. The predicted molar refractivity (Wildman–Crippen MR) is 348 cm³/mol. The molecule has 1 unspecified atom stereocenters. The summed E-state index contributed by atoms with van der Waals surface area (Å²) < 4.78 is 0. The van der Waals surface area contributed by atoms with Gasteiger partial charge in [-0.25, -0.2) is 0 Å². The zero-order valence-electron chi connectivity index (χ0n) is 46.8. The Labute approximate surface area is 482 Å². The first-order chi connectivity index (χ1) is 40.2. The molecule has 12 aromatic carbocycles. The van der Waals surface area contributed by atoms with Crippen LogP contribution in [0, 0.1) is 0 Å². The summed E-state index contributed by atoms with van der Waals surface area (Å²) in [6.07, 6.45) is 8.08. The molecule has 82 heavy (non-hydrogen) atoms. The van der Waals surface area contributed by atoms with Gasteiger partial charge in [0, 0.05) is 28.1 Å². The van der Waals surface area contributed by atoms with Crippen LogP contribution in [0.25, 0.3) is 71.6 Å². The molecule has 2 aliphatic heterocycles. The van der Waals surface area contributed by atoms with Crippen molar-refractivity contribution in [2.45, 2.75) is 50.9 Å². The van der Waals surface area contributed by atoms with Gasteiger partial charge < -0.3 is 9.80 Å². The number of hydrogen-bond acceptors (Lipinski definition) is 2. The van der Waals surface area contributed by atoms with Gasteiger partial charge in [-0.2, -0.15) is 0 Å². The molecule has 392 valence electrons. The van der Waals surface area contributed by atoms with E-state index >= 15 is 0 Å². The minimum atomic E-state index is -0.185. The van der Waals surface area contributed by atoms with E-state index in [2.05, 4.69) is 323 Å². The fraction of sp³-hybridized carbons (Fsp3) is 0.100. The second-order valence-corrected chi connectivity index (χ2v) is 23.6. The van der Waals surface area contributed by atoms with Crippen molar-refractivity contribution in [1.82, 2.24) is 0 Å². The minimum absolute atomic E-state index is 0.185. The van der Waals surface area contributed by atoms with Crippen molar-refractivity contribution in [3.63, 3.8) is 0 Å². The first-order valence-corrected chi connectivity index (χ1v) is 29.0. The lowest BCUT2D eigenvalue weighted by atomic mass is 9.73. The largest absolute Gasteiger partial charge is 0.310 e. The molecule has 15 rings (SSSR count). The highest BCUT2D eigenvalue weighted by Gasteiger charge is 2.38. The Hall–Kier alpha value is -9.76. The molecule has 3 aliphatic rings. The minimum Gasteiger partial charge on any atom is -0.310 e. The number of nitrogens with zero attached hydrogens (tertiary/aromatic N) is 2. The molecule has 0 spiro atoms. The van der Waals surface area contributed by atoms with Crippen molar-refractivity contribution in [2.75, 3.05) is 9.80 Å². The second kappa shape index (κ2) is 19.5. The lowest BCUT2D eigenvalue weighted by Gasteiger charge is -2.42. The Morgan fingerprint density at radius 1 is 0.317 bits per heavy atom. The van der Waals surface area contributed by atoms with Crippen LogP contribution in [0.15, 0.2) is 285 Å².